The normalized spacial score (nSPS) is 15.4. The summed E-state index contributed by atoms with van der Waals surface area (Å²) in [7, 11) is 3.17. The first-order chi connectivity index (χ1) is 21.5. The van der Waals surface area contributed by atoms with Crippen LogP contribution in [0.3, 0.4) is 0 Å². The van der Waals surface area contributed by atoms with Crippen LogP contribution in [0.15, 0.2) is 18.2 Å². The molecule has 11 nitrogen and oxygen atoms in total. The second-order valence-corrected chi connectivity index (χ2v) is 14.3. The summed E-state index contributed by atoms with van der Waals surface area (Å²) in [6.07, 6.45) is -0.556. The van der Waals surface area contributed by atoms with Gasteiger partial charge in [-0.05, 0) is 66.2 Å². The lowest BCUT2D eigenvalue weighted by Gasteiger charge is -2.28. The lowest BCUT2D eigenvalue weighted by atomic mass is 10.0. The molecule has 1 aliphatic heterocycles. The van der Waals surface area contributed by atoms with E-state index in [2.05, 4.69) is 20.3 Å². The van der Waals surface area contributed by atoms with Crippen LogP contribution in [0.5, 0.6) is 6.01 Å². The minimum Gasteiger partial charge on any atom is -0.467 e. The van der Waals surface area contributed by atoms with Crippen molar-refractivity contribution < 1.29 is 32.6 Å². The number of carbonyl (C=O) groups is 2. The predicted molar refractivity (Wildman–Crippen MR) is 174 cm³/mol. The first-order valence-electron chi connectivity index (χ1n) is 14.5. The number of carbonyl (C=O) groups excluding carboxylic acids is 2. The van der Waals surface area contributed by atoms with Crippen LogP contribution in [-0.4, -0.2) is 76.5 Å². The van der Waals surface area contributed by atoms with Crippen molar-refractivity contribution >= 4 is 67.2 Å². The van der Waals surface area contributed by atoms with E-state index in [1.165, 1.54) is 19.2 Å². The number of rotatable bonds is 5. The summed E-state index contributed by atoms with van der Waals surface area (Å²) in [5, 5.41) is 2.91. The Balaban J connectivity index is 1.55. The third kappa shape index (κ3) is 6.87. The Bertz CT molecular complexity index is 1840. The molecule has 0 spiro atoms. The molecule has 246 valence electrons. The smallest absolute Gasteiger partial charge is 0.413 e. The van der Waals surface area contributed by atoms with Gasteiger partial charge in [0.25, 0.3) is 0 Å². The van der Waals surface area contributed by atoms with E-state index in [0.717, 1.165) is 11.3 Å². The number of nitrogens with zero attached hydrogens (tertiary/aromatic N) is 5. The number of likely N-dealkylation sites (N-methyl/N-ethyl adjacent to an activating group) is 1. The second kappa shape index (κ2) is 12.3. The van der Waals surface area contributed by atoms with Crippen LogP contribution in [0, 0.1) is 11.6 Å². The molecule has 1 N–H and O–H groups in total. The summed E-state index contributed by atoms with van der Waals surface area (Å²) in [6, 6.07) is 3.86. The highest BCUT2D eigenvalue weighted by Crippen LogP contribution is 2.43. The first-order valence-corrected chi connectivity index (χ1v) is 15.7. The van der Waals surface area contributed by atoms with Crippen LogP contribution in [0.25, 0.3) is 32.2 Å². The van der Waals surface area contributed by atoms with E-state index in [1.807, 2.05) is 25.7 Å². The maximum atomic E-state index is 16.6. The molecule has 1 aliphatic rings. The summed E-state index contributed by atoms with van der Waals surface area (Å²) >= 11 is 7.64. The zero-order valence-corrected chi connectivity index (χ0v) is 28.3. The summed E-state index contributed by atoms with van der Waals surface area (Å²) < 4.78 is 47.8. The Morgan fingerprint density at radius 3 is 2.41 bits per heavy atom. The maximum absolute atomic E-state index is 16.6. The molecule has 3 heterocycles. The number of halogens is 3. The van der Waals surface area contributed by atoms with Gasteiger partial charge in [-0.15, -0.1) is 0 Å². The van der Waals surface area contributed by atoms with Gasteiger partial charge in [0.2, 0.25) is 0 Å². The largest absolute Gasteiger partial charge is 0.467 e. The maximum Gasteiger partial charge on any atom is 0.413 e. The predicted octanol–water partition coefficient (Wildman–Crippen LogP) is 7.64. The van der Waals surface area contributed by atoms with Gasteiger partial charge in [0.05, 0.1) is 22.3 Å². The molecule has 46 heavy (non-hydrogen) atoms. The van der Waals surface area contributed by atoms with Crippen molar-refractivity contribution in [2.75, 3.05) is 37.5 Å². The Morgan fingerprint density at radius 1 is 1.07 bits per heavy atom. The van der Waals surface area contributed by atoms with E-state index < -0.39 is 35.0 Å². The number of hydrogen-bond acceptors (Lipinski definition) is 10. The standard InChI is InChI=1S/C31H35ClF2N6O5S/c1-30(2,3)44-28(41)38-27-36-23-16(9-10-19(33)24(23)46-27)20-18(32)13-17-22(21(20)34)35-26(43-8)37-25(17)39(7)15-11-12-40(14-15)29(42)45-31(4,5)6/h9-10,13,15H,11-12,14H2,1-8H3,(H,36,38,41). The highest BCUT2D eigenvalue weighted by atomic mass is 35.5. The monoisotopic (exact) mass is 676 g/mol. The van der Waals surface area contributed by atoms with Crippen molar-refractivity contribution in [1.82, 2.24) is 19.9 Å². The number of anilines is 2. The van der Waals surface area contributed by atoms with Crippen LogP contribution in [-0.2, 0) is 9.47 Å². The molecule has 0 aliphatic carbocycles. The number of ether oxygens (including phenoxy) is 3. The lowest BCUT2D eigenvalue weighted by molar-refractivity contribution is 0.0292. The number of methoxy groups -OCH3 is 1. The molecule has 0 saturated carbocycles. The number of hydrogen-bond donors (Lipinski definition) is 1. The van der Waals surface area contributed by atoms with Crippen molar-refractivity contribution in [2.24, 2.45) is 0 Å². The molecule has 2 amide bonds. The minimum absolute atomic E-state index is 0.0118. The molecular weight excluding hydrogens is 642 g/mol. The molecule has 1 atom stereocenters. The molecule has 5 rings (SSSR count). The van der Waals surface area contributed by atoms with Crippen LogP contribution in [0.2, 0.25) is 5.02 Å². The molecule has 0 radical (unpaired) electrons. The summed E-state index contributed by atoms with van der Waals surface area (Å²) in [5.74, 6) is -1.04. The van der Waals surface area contributed by atoms with Crippen LogP contribution >= 0.6 is 22.9 Å². The average Bonchev–Trinajstić information content (AvgIpc) is 3.60. The third-order valence-corrected chi connectivity index (χ3v) is 8.37. The zero-order valence-electron chi connectivity index (χ0n) is 26.8. The average molecular weight is 677 g/mol. The molecule has 4 aromatic rings. The van der Waals surface area contributed by atoms with Crippen LogP contribution < -0.4 is 15.0 Å². The fraction of sp³-hybridized carbons (Fsp3) is 0.452. The van der Waals surface area contributed by atoms with Gasteiger partial charge in [0.15, 0.2) is 10.9 Å². The van der Waals surface area contributed by atoms with E-state index >= 15 is 4.39 Å². The van der Waals surface area contributed by atoms with Crippen molar-refractivity contribution in [1.29, 1.82) is 0 Å². The number of fused-ring (bicyclic) bond motifs is 2. The number of amides is 2. The van der Waals surface area contributed by atoms with Crippen molar-refractivity contribution in [3.63, 3.8) is 0 Å². The molecule has 15 heteroatoms. The van der Waals surface area contributed by atoms with Gasteiger partial charge in [-0.1, -0.05) is 22.9 Å². The topological polar surface area (TPSA) is 119 Å². The molecule has 1 unspecified atom stereocenters. The van der Waals surface area contributed by atoms with Crippen LogP contribution in [0.4, 0.5) is 29.3 Å². The van der Waals surface area contributed by atoms with Crippen molar-refractivity contribution in [2.45, 2.75) is 65.2 Å². The third-order valence-electron chi connectivity index (χ3n) is 7.09. The van der Waals surface area contributed by atoms with E-state index in [1.54, 1.807) is 38.8 Å². The Labute approximate surface area is 273 Å². The molecule has 1 fully saturated rings. The van der Waals surface area contributed by atoms with Gasteiger partial charge in [-0.3, -0.25) is 5.32 Å². The van der Waals surface area contributed by atoms with Gasteiger partial charge in [-0.25, -0.2) is 23.4 Å². The second-order valence-electron chi connectivity index (χ2n) is 12.9. The summed E-state index contributed by atoms with van der Waals surface area (Å²) in [4.78, 5) is 41.7. The van der Waals surface area contributed by atoms with Crippen LogP contribution in [0.1, 0.15) is 48.0 Å². The number of nitrogens with one attached hydrogen (secondary N) is 1. The molecular formula is C31H35ClF2N6O5S. The minimum atomic E-state index is -0.790. The fourth-order valence-electron chi connectivity index (χ4n) is 5.11. The van der Waals surface area contributed by atoms with E-state index in [-0.39, 0.29) is 49.1 Å². The van der Waals surface area contributed by atoms with Gasteiger partial charge in [0.1, 0.15) is 28.4 Å². The fourth-order valence-corrected chi connectivity index (χ4v) is 6.29. The molecule has 0 bridgehead atoms. The zero-order chi connectivity index (χ0) is 33.7. The quantitative estimate of drug-likeness (QED) is 0.227. The van der Waals surface area contributed by atoms with Crippen molar-refractivity contribution in [3.8, 4) is 17.1 Å². The Kier molecular flexibility index (Phi) is 8.90. The van der Waals surface area contributed by atoms with E-state index in [9.17, 15) is 14.0 Å². The highest BCUT2D eigenvalue weighted by molar-refractivity contribution is 7.22. The lowest BCUT2D eigenvalue weighted by Crippen LogP contribution is -2.39. The van der Waals surface area contributed by atoms with Crippen molar-refractivity contribution in [3.05, 3.63) is 34.9 Å². The van der Waals surface area contributed by atoms with E-state index in [4.69, 9.17) is 25.8 Å². The summed E-state index contributed by atoms with van der Waals surface area (Å²) in [6.45, 7) is 11.4. The van der Waals surface area contributed by atoms with Gasteiger partial charge in [-0.2, -0.15) is 9.97 Å². The highest BCUT2D eigenvalue weighted by Gasteiger charge is 2.34. The Morgan fingerprint density at radius 2 is 1.76 bits per heavy atom. The number of aromatic nitrogens is 3. The SMILES string of the molecule is COc1nc(N(C)C2CCN(C(=O)OC(C)(C)C)C2)c2cc(Cl)c(-c3ccc(F)c4sc(NC(=O)OC(C)(C)C)nc34)c(F)c2n1. The van der Waals surface area contributed by atoms with Gasteiger partial charge >= 0.3 is 18.2 Å². The van der Waals surface area contributed by atoms with Gasteiger partial charge in [0, 0.05) is 42.7 Å². The molecule has 1 saturated heterocycles. The molecule has 2 aromatic heterocycles. The van der Waals surface area contributed by atoms with E-state index in [0.29, 0.717) is 30.7 Å². The first kappa shape index (κ1) is 33.3. The number of benzene rings is 2. The number of thiazole rings is 1. The number of likely N-dealkylation sites (tertiary alicyclic amines) is 1. The summed E-state index contributed by atoms with van der Waals surface area (Å²) in [5.41, 5.74) is -1.22. The molecule has 2 aromatic carbocycles. The van der Waals surface area contributed by atoms with Gasteiger partial charge < -0.3 is 24.0 Å². The Hall–Kier alpha value is -4.04.